The molecule has 1 N–H and O–H groups in total. The van der Waals surface area contributed by atoms with Crippen LogP contribution in [0.2, 0.25) is 0 Å². The molecule has 0 saturated heterocycles. The van der Waals surface area contributed by atoms with E-state index in [2.05, 4.69) is 10.1 Å². The van der Waals surface area contributed by atoms with E-state index in [1.54, 1.807) is 0 Å². The van der Waals surface area contributed by atoms with Crippen LogP contribution < -0.4 is 5.32 Å². The van der Waals surface area contributed by atoms with Crippen molar-refractivity contribution in [3.8, 4) is 0 Å². The Bertz CT molecular complexity index is 409. The second-order valence-corrected chi connectivity index (χ2v) is 3.14. The summed E-state index contributed by atoms with van der Waals surface area (Å²) in [6, 6.07) is 0.190. The van der Waals surface area contributed by atoms with Crippen molar-refractivity contribution >= 4 is 11.7 Å². The number of benzene rings is 1. The summed E-state index contributed by atoms with van der Waals surface area (Å²) < 4.78 is 42.9. The van der Waals surface area contributed by atoms with Crippen LogP contribution in [0.25, 0.3) is 0 Å². The smallest absolute Gasteiger partial charge is 0.327 e. The molecule has 3 nitrogen and oxygen atoms in total. The van der Waals surface area contributed by atoms with Crippen LogP contribution >= 0.6 is 0 Å². The fraction of sp³-hybridized carbons (Fsp3) is 0.300. The summed E-state index contributed by atoms with van der Waals surface area (Å²) in [4.78, 5) is 11.0. The standard InChI is InChI=1S/C10H10F3NO2/c1-5(10(15)16-2)14-9-4-7(12)6(11)3-8(9)13/h3-5,14H,1-2H3. The molecule has 0 radical (unpaired) electrons. The van der Waals surface area contributed by atoms with E-state index in [9.17, 15) is 18.0 Å². The molecule has 0 amide bonds. The number of ether oxygens (including phenoxy) is 1. The third kappa shape index (κ3) is 2.65. The molecule has 0 aliphatic carbocycles. The Labute approximate surface area is 90.2 Å². The largest absolute Gasteiger partial charge is 0.467 e. The summed E-state index contributed by atoms with van der Waals surface area (Å²) in [5.41, 5.74) is -0.295. The first-order valence-corrected chi connectivity index (χ1v) is 4.44. The predicted octanol–water partition coefficient (Wildman–Crippen LogP) is 2.08. The zero-order valence-electron chi connectivity index (χ0n) is 8.68. The lowest BCUT2D eigenvalue weighted by atomic mass is 10.2. The molecule has 0 aromatic heterocycles. The second kappa shape index (κ2) is 4.87. The summed E-state index contributed by atoms with van der Waals surface area (Å²) in [6.45, 7) is 1.41. The molecule has 1 aromatic carbocycles. The fourth-order valence-electron chi connectivity index (χ4n) is 1.10. The summed E-state index contributed by atoms with van der Waals surface area (Å²) in [5.74, 6) is -4.09. The van der Waals surface area contributed by atoms with Gasteiger partial charge >= 0.3 is 5.97 Å². The van der Waals surface area contributed by atoms with Crippen LogP contribution in [0.15, 0.2) is 12.1 Å². The van der Waals surface area contributed by atoms with Gasteiger partial charge in [-0.05, 0) is 6.92 Å². The third-order valence-corrected chi connectivity index (χ3v) is 1.94. The van der Waals surface area contributed by atoms with Crippen molar-refractivity contribution in [2.75, 3.05) is 12.4 Å². The number of rotatable bonds is 3. The molecule has 0 heterocycles. The zero-order chi connectivity index (χ0) is 12.3. The molecular formula is C10H10F3NO2. The van der Waals surface area contributed by atoms with Crippen molar-refractivity contribution in [3.63, 3.8) is 0 Å². The highest BCUT2D eigenvalue weighted by Crippen LogP contribution is 2.19. The average Bonchev–Trinajstić information content (AvgIpc) is 2.24. The van der Waals surface area contributed by atoms with Crippen molar-refractivity contribution < 1.29 is 22.7 Å². The summed E-state index contributed by atoms with van der Waals surface area (Å²) in [7, 11) is 1.17. The van der Waals surface area contributed by atoms with Gasteiger partial charge in [-0.2, -0.15) is 0 Å². The molecule has 16 heavy (non-hydrogen) atoms. The number of halogens is 3. The number of hydrogen-bond acceptors (Lipinski definition) is 3. The molecule has 1 rings (SSSR count). The Morgan fingerprint density at radius 2 is 1.81 bits per heavy atom. The van der Waals surface area contributed by atoms with Gasteiger partial charge in [0.2, 0.25) is 0 Å². The van der Waals surface area contributed by atoms with Gasteiger partial charge < -0.3 is 10.1 Å². The number of carbonyl (C=O) groups excluding carboxylic acids is 1. The third-order valence-electron chi connectivity index (χ3n) is 1.94. The van der Waals surface area contributed by atoms with Crippen molar-refractivity contribution in [1.82, 2.24) is 0 Å². The molecule has 1 unspecified atom stereocenters. The van der Waals surface area contributed by atoms with Crippen molar-refractivity contribution in [1.29, 1.82) is 0 Å². The maximum Gasteiger partial charge on any atom is 0.327 e. The molecule has 0 saturated carbocycles. The highest BCUT2D eigenvalue weighted by molar-refractivity contribution is 5.78. The first kappa shape index (κ1) is 12.4. The number of anilines is 1. The topological polar surface area (TPSA) is 38.3 Å². The highest BCUT2D eigenvalue weighted by Gasteiger charge is 2.16. The lowest BCUT2D eigenvalue weighted by molar-refractivity contribution is -0.141. The minimum Gasteiger partial charge on any atom is -0.467 e. The molecule has 0 fully saturated rings. The normalized spacial score (nSPS) is 12.1. The van der Waals surface area contributed by atoms with E-state index in [0.717, 1.165) is 0 Å². The van der Waals surface area contributed by atoms with E-state index < -0.39 is 29.5 Å². The highest BCUT2D eigenvalue weighted by atomic mass is 19.2. The van der Waals surface area contributed by atoms with E-state index >= 15 is 0 Å². The number of carbonyl (C=O) groups is 1. The first-order valence-electron chi connectivity index (χ1n) is 4.44. The van der Waals surface area contributed by atoms with Crippen LogP contribution in [0.5, 0.6) is 0 Å². The molecule has 0 aliphatic rings. The van der Waals surface area contributed by atoms with Crippen LogP contribution in [-0.4, -0.2) is 19.1 Å². The number of methoxy groups -OCH3 is 1. The quantitative estimate of drug-likeness (QED) is 0.641. The minimum atomic E-state index is -1.28. The Kier molecular flexibility index (Phi) is 3.76. The van der Waals surface area contributed by atoms with Crippen molar-refractivity contribution in [2.45, 2.75) is 13.0 Å². The maximum atomic E-state index is 13.1. The molecule has 0 aliphatic heterocycles. The average molecular weight is 233 g/mol. The number of nitrogens with one attached hydrogen (secondary N) is 1. The molecular weight excluding hydrogens is 223 g/mol. The van der Waals surface area contributed by atoms with Gasteiger partial charge in [-0.3, -0.25) is 0 Å². The summed E-state index contributed by atoms with van der Waals surface area (Å²) in [5, 5.41) is 2.37. The Balaban J connectivity index is 2.89. The van der Waals surface area contributed by atoms with E-state index in [1.165, 1.54) is 14.0 Å². The van der Waals surface area contributed by atoms with Crippen molar-refractivity contribution in [3.05, 3.63) is 29.6 Å². The second-order valence-electron chi connectivity index (χ2n) is 3.14. The van der Waals surface area contributed by atoms with Gasteiger partial charge in [0.05, 0.1) is 12.8 Å². The summed E-state index contributed by atoms with van der Waals surface area (Å²) in [6.07, 6.45) is 0. The Hall–Kier alpha value is -1.72. The molecule has 0 spiro atoms. The lowest BCUT2D eigenvalue weighted by Crippen LogP contribution is -2.27. The minimum absolute atomic E-state index is 0.295. The van der Waals surface area contributed by atoms with Crippen LogP contribution in [0.1, 0.15) is 6.92 Å². The van der Waals surface area contributed by atoms with Crippen LogP contribution in [-0.2, 0) is 9.53 Å². The predicted molar refractivity (Wildman–Crippen MR) is 51.4 cm³/mol. The van der Waals surface area contributed by atoms with Crippen LogP contribution in [0.4, 0.5) is 18.9 Å². The van der Waals surface area contributed by atoms with Crippen LogP contribution in [0.3, 0.4) is 0 Å². The van der Waals surface area contributed by atoms with Gasteiger partial charge in [0.25, 0.3) is 0 Å². The van der Waals surface area contributed by atoms with Gasteiger partial charge in [-0.25, -0.2) is 18.0 Å². The van der Waals surface area contributed by atoms with Crippen molar-refractivity contribution in [2.24, 2.45) is 0 Å². The van der Waals surface area contributed by atoms with Gasteiger partial charge in [-0.15, -0.1) is 0 Å². The van der Waals surface area contributed by atoms with Gasteiger partial charge in [0, 0.05) is 12.1 Å². The van der Waals surface area contributed by atoms with E-state index in [4.69, 9.17) is 0 Å². The SMILES string of the molecule is COC(=O)C(C)Nc1cc(F)c(F)cc1F. The van der Waals surface area contributed by atoms with Gasteiger partial charge in [0.15, 0.2) is 11.6 Å². The Morgan fingerprint density at radius 3 is 2.38 bits per heavy atom. The zero-order valence-corrected chi connectivity index (χ0v) is 8.68. The molecule has 1 aromatic rings. The fourth-order valence-corrected chi connectivity index (χ4v) is 1.10. The number of esters is 1. The van der Waals surface area contributed by atoms with E-state index in [0.29, 0.717) is 12.1 Å². The molecule has 1 atom stereocenters. The van der Waals surface area contributed by atoms with E-state index in [-0.39, 0.29) is 5.69 Å². The van der Waals surface area contributed by atoms with Gasteiger partial charge in [0.1, 0.15) is 11.9 Å². The lowest BCUT2D eigenvalue weighted by Gasteiger charge is -2.13. The van der Waals surface area contributed by atoms with Gasteiger partial charge in [-0.1, -0.05) is 0 Å². The Morgan fingerprint density at radius 1 is 1.25 bits per heavy atom. The maximum absolute atomic E-state index is 13.1. The van der Waals surface area contributed by atoms with Crippen LogP contribution in [0, 0.1) is 17.5 Å². The molecule has 0 bridgehead atoms. The summed E-state index contributed by atoms with van der Waals surface area (Å²) >= 11 is 0. The number of hydrogen-bond donors (Lipinski definition) is 1. The molecule has 6 heteroatoms. The van der Waals surface area contributed by atoms with E-state index in [1.807, 2.05) is 0 Å². The monoisotopic (exact) mass is 233 g/mol. The molecule has 88 valence electrons. The first-order chi connectivity index (χ1) is 7.45.